The fourth-order valence-electron chi connectivity index (χ4n) is 5.05. The number of carbonyl (C=O) groups excluding carboxylic acids is 2. The Morgan fingerprint density at radius 3 is 2.17 bits per heavy atom. The number of rotatable bonds is 10. The Labute approximate surface area is 217 Å². The number of benzene rings is 2. The second-order valence-electron chi connectivity index (χ2n) is 11.4. The van der Waals surface area contributed by atoms with Crippen LogP contribution < -0.4 is 5.48 Å². The van der Waals surface area contributed by atoms with E-state index in [0.717, 1.165) is 37.7 Å². The Morgan fingerprint density at radius 2 is 1.47 bits per heavy atom. The summed E-state index contributed by atoms with van der Waals surface area (Å²) < 4.78 is 0. The smallest absolute Gasteiger partial charge is 0.335 e. The van der Waals surface area contributed by atoms with Crippen LogP contribution >= 0.6 is 0 Å². The highest BCUT2D eigenvalue weighted by atomic mass is 16.7. The van der Waals surface area contributed by atoms with E-state index in [0.29, 0.717) is 11.1 Å². The molecule has 1 aliphatic rings. The summed E-state index contributed by atoms with van der Waals surface area (Å²) in [5, 5.41) is 0. The van der Waals surface area contributed by atoms with Crippen molar-refractivity contribution in [1.82, 2.24) is 5.48 Å². The van der Waals surface area contributed by atoms with Gasteiger partial charge in [0.25, 0.3) is 5.91 Å². The molecule has 4 nitrogen and oxygen atoms in total. The van der Waals surface area contributed by atoms with Crippen molar-refractivity contribution in [2.45, 2.75) is 103 Å². The number of hydrogen-bond acceptors (Lipinski definition) is 3. The molecule has 0 radical (unpaired) electrons. The summed E-state index contributed by atoms with van der Waals surface area (Å²) in [6.45, 7) is 11.4. The van der Waals surface area contributed by atoms with Gasteiger partial charge in [-0.05, 0) is 65.3 Å². The van der Waals surface area contributed by atoms with Crippen LogP contribution in [-0.4, -0.2) is 11.9 Å². The molecule has 4 heteroatoms. The molecular formula is C32H43NO3. The second kappa shape index (κ2) is 12.4. The minimum atomic E-state index is -0.576. The Kier molecular flexibility index (Phi) is 9.53. The predicted molar refractivity (Wildman–Crippen MR) is 148 cm³/mol. The zero-order chi connectivity index (χ0) is 26.2. The van der Waals surface area contributed by atoms with Crippen molar-refractivity contribution in [2.24, 2.45) is 0 Å². The number of hydroxylamine groups is 1. The highest BCUT2D eigenvalue weighted by Crippen LogP contribution is 2.46. The molecule has 0 aliphatic heterocycles. The highest BCUT2D eigenvalue weighted by Gasteiger charge is 2.37. The molecular weight excluding hydrogens is 446 g/mol. The Hall–Kier alpha value is -2.88. The molecule has 2 aromatic carbocycles. The Bertz CT molecular complexity index is 1070. The van der Waals surface area contributed by atoms with E-state index < -0.39 is 11.9 Å². The molecule has 2 aromatic rings. The van der Waals surface area contributed by atoms with Crippen LogP contribution in [0, 0.1) is 0 Å². The molecule has 0 saturated carbocycles. The summed E-state index contributed by atoms with van der Waals surface area (Å²) in [6.07, 6.45) is 12.3. The lowest BCUT2D eigenvalue weighted by Gasteiger charge is -2.42. The first-order valence-electron chi connectivity index (χ1n) is 13.6. The zero-order valence-corrected chi connectivity index (χ0v) is 22.8. The lowest BCUT2D eigenvalue weighted by Crippen LogP contribution is -2.34. The van der Waals surface area contributed by atoms with Crippen molar-refractivity contribution < 1.29 is 14.4 Å². The number of fused-ring (bicyclic) bond motifs is 1. The first kappa shape index (κ1) is 27.7. The number of nitrogens with one attached hydrogen (secondary N) is 1. The molecule has 0 fully saturated rings. The van der Waals surface area contributed by atoms with E-state index in [9.17, 15) is 9.59 Å². The molecule has 0 heterocycles. The van der Waals surface area contributed by atoms with Crippen molar-refractivity contribution in [3.05, 3.63) is 76.9 Å². The summed E-state index contributed by atoms with van der Waals surface area (Å²) in [4.78, 5) is 30.8. The lowest BCUT2D eigenvalue weighted by atomic mass is 9.63. The van der Waals surface area contributed by atoms with Crippen molar-refractivity contribution in [1.29, 1.82) is 0 Å². The maximum absolute atomic E-state index is 13.3. The van der Waals surface area contributed by atoms with Gasteiger partial charge in [0.15, 0.2) is 0 Å². The third-order valence-corrected chi connectivity index (χ3v) is 7.56. The third-order valence-electron chi connectivity index (χ3n) is 7.56. The van der Waals surface area contributed by atoms with E-state index in [1.54, 1.807) is 24.3 Å². The fourth-order valence-corrected chi connectivity index (χ4v) is 5.05. The van der Waals surface area contributed by atoms with E-state index in [1.807, 2.05) is 18.2 Å². The van der Waals surface area contributed by atoms with Gasteiger partial charge in [-0.2, -0.15) is 5.48 Å². The molecule has 1 N–H and O–H groups in total. The predicted octanol–water partition coefficient (Wildman–Crippen LogP) is 8.06. The monoisotopic (exact) mass is 489 g/mol. The molecule has 1 aliphatic carbocycles. The van der Waals surface area contributed by atoms with Gasteiger partial charge in [0, 0.05) is 5.57 Å². The Morgan fingerprint density at radius 1 is 0.833 bits per heavy atom. The van der Waals surface area contributed by atoms with E-state index in [2.05, 4.69) is 52.2 Å². The summed E-state index contributed by atoms with van der Waals surface area (Å²) in [7, 11) is 0. The van der Waals surface area contributed by atoms with Crippen molar-refractivity contribution in [3.63, 3.8) is 0 Å². The molecule has 0 unspecified atom stereocenters. The first-order valence-corrected chi connectivity index (χ1v) is 13.6. The molecule has 1 amide bonds. The summed E-state index contributed by atoms with van der Waals surface area (Å²) in [5.41, 5.74) is 7.05. The van der Waals surface area contributed by atoms with Crippen LogP contribution in [-0.2, 0) is 20.5 Å². The van der Waals surface area contributed by atoms with Crippen LogP contribution in [0.15, 0.2) is 54.6 Å². The van der Waals surface area contributed by atoms with Gasteiger partial charge in [-0.1, -0.05) is 109 Å². The van der Waals surface area contributed by atoms with Gasteiger partial charge in [-0.15, -0.1) is 0 Å². The molecule has 194 valence electrons. The standard InChI is InChI=1S/C32H43NO3/c1-6-7-8-9-10-11-15-18-26(29(34)33-36-30(35)24-16-13-12-14-17-24)25-19-20-27-28(23-25)32(4,5)22-21-31(27,2)3/h12-14,16-20,23H,6-11,15,21-22H2,1-5H3,(H,33,34). The molecule has 36 heavy (non-hydrogen) atoms. The van der Waals surface area contributed by atoms with E-state index in [4.69, 9.17) is 4.84 Å². The van der Waals surface area contributed by atoms with Gasteiger partial charge in [0.1, 0.15) is 0 Å². The molecule has 0 saturated heterocycles. The lowest BCUT2D eigenvalue weighted by molar-refractivity contribution is -0.124. The molecule has 0 spiro atoms. The van der Waals surface area contributed by atoms with Gasteiger partial charge in [-0.3, -0.25) is 4.79 Å². The zero-order valence-electron chi connectivity index (χ0n) is 22.8. The van der Waals surface area contributed by atoms with Crippen molar-refractivity contribution >= 4 is 17.4 Å². The first-order chi connectivity index (χ1) is 17.2. The summed E-state index contributed by atoms with van der Waals surface area (Å²) in [6, 6.07) is 15.1. The van der Waals surface area contributed by atoms with Gasteiger partial charge < -0.3 is 4.84 Å². The third kappa shape index (κ3) is 7.09. The van der Waals surface area contributed by atoms with Crippen LogP contribution in [0.2, 0.25) is 0 Å². The minimum Gasteiger partial charge on any atom is -0.335 e. The van der Waals surface area contributed by atoms with E-state index in [1.165, 1.54) is 36.8 Å². The van der Waals surface area contributed by atoms with Gasteiger partial charge in [-0.25, -0.2) is 4.79 Å². The van der Waals surface area contributed by atoms with Gasteiger partial charge in [0.05, 0.1) is 5.56 Å². The maximum atomic E-state index is 13.3. The molecule has 0 atom stereocenters. The molecule has 0 aromatic heterocycles. The Balaban J connectivity index is 1.81. The largest absolute Gasteiger partial charge is 0.362 e. The van der Waals surface area contributed by atoms with E-state index >= 15 is 0 Å². The highest BCUT2D eigenvalue weighted by molar-refractivity contribution is 6.19. The van der Waals surface area contributed by atoms with Crippen LogP contribution in [0.4, 0.5) is 0 Å². The minimum absolute atomic E-state index is 0.0432. The number of unbranched alkanes of at least 4 members (excludes halogenated alkanes) is 6. The van der Waals surface area contributed by atoms with Crippen molar-refractivity contribution in [3.8, 4) is 0 Å². The summed E-state index contributed by atoms with van der Waals surface area (Å²) in [5.74, 6) is -0.967. The molecule has 3 rings (SSSR count). The normalized spacial score (nSPS) is 16.2. The van der Waals surface area contributed by atoms with E-state index in [-0.39, 0.29) is 10.8 Å². The number of carbonyl (C=O) groups is 2. The molecule has 0 bridgehead atoms. The maximum Gasteiger partial charge on any atom is 0.362 e. The number of allylic oxidation sites excluding steroid dienone is 1. The summed E-state index contributed by atoms with van der Waals surface area (Å²) >= 11 is 0. The second-order valence-corrected chi connectivity index (χ2v) is 11.4. The van der Waals surface area contributed by atoms with Crippen LogP contribution in [0.5, 0.6) is 0 Å². The number of hydrogen-bond donors (Lipinski definition) is 1. The van der Waals surface area contributed by atoms with Crippen LogP contribution in [0.3, 0.4) is 0 Å². The quantitative estimate of drug-likeness (QED) is 0.209. The van der Waals surface area contributed by atoms with Gasteiger partial charge in [0.2, 0.25) is 0 Å². The topological polar surface area (TPSA) is 55.4 Å². The van der Waals surface area contributed by atoms with Crippen molar-refractivity contribution in [2.75, 3.05) is 0 Å². The van der Waals surface area contributed by atoms with Crippen LogP contribution in [0.1, 0.15) is 119 Å². The fraction of sp³-hybridized carbons (Fsp3) is 0.500. The average Bonchev–Trinajstić information content (AvgIpc) is 2.87. The van der Waals surface area contributed by atoms with Crippen LogP contribution in [0.25, 0.3) is 5.57 Å². The van der Waals surface area contributed by atoms with Gasteiger partial charge >= 0.3 is 5.97 Å². The SMILES string of the molecule is CCCCCCCCC=C(C(=O)NOC(=O)c1ccccc1)c1ccc2c(c1)C(C)(C)CCC2(C)C. The number of amides is 1. The average molecular weight is 490 g/mol.